The summed E-state index contributed by atoms with van der Waals surface area (Å²) in [5.41, 5.74) is 1.06. The van der Waals surface area contributed by atoms with Gasteiger partial charge >= 0.3 is 5.97 Å². The van der Waals surface area contributed by atoms with Gasteiger partial charge in [0.25, 0.3) is 0 Å². The summed E-state index contributed by atoms with van der Waals surface area (Å²) in [6.45, 7) is 2.28. The van der Waals surface area contributed by atoms with Crippen molar-refractivity contribution >= 4 is 5.97 Å². The first-order valence-corrected chi connectivity index (χ1v) is 13.6. The average molecular weight is 451 g/mol. The van der Waals surface area contributed by atoms with Gasteiger partial charge in [0, 0.05) is 0 Å². The van der Waals surface area contributed by atoms with Crippen molar-refractivity contribution in [2.75, 3.05) is 0 Å². The monoisotopic (exact) mass is 450 g/mol. The maximum Gasteiger partial charge on any atom is 0.318 e. The minimum atomic E-state index is -0.187. The fraction of sp³-hybridized carbons (Fsp3) is 0.581. The number of carbonyl (C=O) groups excluding carboxylic acids is 1. The third kappa shape index (κ3) is 12.7. The zero-order chi connectivity index (χ0) is 23.4. The summed E-state index contributed by atoms with van der Waals surface area (Å²) in [7, 11) is 0. The van der Waals surface area contributed by atoms with Crippen molar-refractivity contribution in [2.24, 2.45) is 0 Å². The fourth-order valence-electron chi connectivity index (χ4n) is 4.50. The predicted octanol–water partition coefficient (Wildman–Crippen LogP) is 9.64. The van der Waals surface area contributed by atoms with Crippen LogP contribution in [-0.4, -0.2) is 5.97 Å². The molecule has 2 rings (SSSR count). The highest BCUT2D eigenvalue weighted by atomic mass is 16.5. The molecule has 0 saturated heterocycles. The van der Waals surface area contributed by atoms with Crippen LogP contribution in [0.5, 0.6) is 5.75 Å². The van der Waals surface area contributed by atoms with E-state index >= 15 is 0 Å². The van der Waals surface area contributed by atoms with Crippen LogP contribution in [0.2, 0.25) is 0 Å². The van der Waals surface area contributed by atoms with Gasteiger partial charge in [0.05, 0.1) is 5.92 Å². The highest BCUT2D eigenvalue weighted by molar-refractivity contribution is 5.80. The molecule has 0 aliphatic rings. The average Bonchev–Trinajstić information content (AvgIpc) is 2.85. The molecule has 0 heterocycles. The number of unbranched alkanes of at least 4 members (excludes halogenated alkanes) is 14. The van der Waals surface area contributed by atoms with Crippen LogP contribution in [0.1, 0.15) is 121 Å². The molecule has 2 heteroatoms. The smallest absolute Gasteiger partial charge is 0.318 e. The summed E-state index contributed by atoms with van der Waals surface area (Å²) in [5, 5.41) is 0. The molecule has 1 atom stereocenters. The lowest BCUT2D eigenvalue weighted by Gasteiger charge is -2.16. The van der Waals surface area contributed by atoms with Crippen LogP contribution in [-0.2, 0) is 4.79 Å². The van der Waals surface area contributed by atoms with E-state index in [1.54, 1.807) is 0 Å². The number of hydrogen-bond acceptors (Lipinski definition) is 2. The summed E-state index contributed by atoms with van der Waals surface area (Å²) < 4.78 is 5.67. The number of ether oxygens (including phenoxy) is 1. The van der Waals surface area contributed by atoms with Crippen LogP contribution in [0.25, 0.3) is 0 Å². The summed E-state index contributed by atoms with van der Waals surface area (Å²) in [4.78, 5) is 12.9. The molecular weight excluding hydrogens is 404 g/mol. The molecule has 0 amide bonds. The van der Waals surface area contributed by atoms with Crippen LogP contribution in [0, 0.1) is 0 Å². The summed E-state index contributed by atoms with van der Waals surface area (Å²) in [6, 6.07) is 19.5. The van der Waals surface area contributed by atoms with E-state index < -0.39 is 0 Å². The third-order valence-corrected chi connectivity index (χ3v) is 6.54. The molecule has 0 aliphatic heterocycles. The summed E-state index contributed by atoms with van der Waals surface area (Å²) in [6.07, 6.45) is 21.2. The molecule has 2 aromatic rings. The Hall–Kier alpha value is -2.09. The van der Waals surface area contributed by atoms with Crippen LogP contribution >= 0.6 is 0 Å². The van der Waals surface area contributed by atoms with Crippen LogP contribution in [0.4, 0.5) is 0 Å². The SMILES string of the molecule is CCCCCCCCCCCCCCCCCC(C(=O)Oc1ccccc1)c1ccccc1. The van der Waals surface area contributed by atoms with Gasteiger partial charge in [-0.25, -0.2) is 0 Å². The van der Waals surface area contributed by atoms with Gasteiger partial charge in [-0.1, -0.05) is 152 Å². The maximum absolute atomic E-state index is 12.9. The lowest BCUT2D eigenvalue weighted by Crippen LogP contribution is -2.19. The maximum atomic E-state index is 12.9. The van der Waals surface area contributed by atoms with E-state index in [2.05, 4.69) is 6.92 Å². The molecule has 0 radical (unpaired) electrons. The Morgan fingerprint density at radius 3 is 1.52 bits per heavy atom. The van der Waals surface area contributed by atoms with Crippen LogP contribution < -0.4 is 4.74 Å². The first-order valence-electron chi connectivity index (χ1n) is 13.6. The topological polar surface area (TPSA) is 26.3 Å². The highest BCUT2D eigenvalue weighted by Crippen LogP contribution is 2.26. The molecular formula is C31H46O2. The minimum absolute atomic E-state index is 0.141. The Bertz CT molecular complexity index is 710. The Kier molecular flexibility index (Phi) is 15.1. The largest absolute Gasteiger partial charge is 0.426 e. The number of esters is 1. The van der Waals surface area contributed by atoms with Crippen molar-refractivity contribution in [3.05, 3.63) is 66.2 Å². The van der Waals surface area contributed by atoms with E-state index in [0.717, 1.165) is 18.4 Å². The van der Waals surface area contributed by atoms with Crippen molar-refractivity contribution < 1.29 is 9.53 Å². The first-order chi connectivity index (χ1) is 16.3. The number of rotatable bonds is 19. The van der Waals surface area contributed by atoms with Crippen molar-refractivity contribution in [2.45, 2.75) is 116 Å². The van der Waals surface area contributed by atoms with Gasteiger partial charge < -0.3 is 4.74 Å². The second kappa shape index (κ2) is 18.3. The van der Waals surface area contributed by atoms with Gasteiger partial charge in [-0.05, 0) is 24.1 Å². The number of benzene rings is 2. The fourth-order valence-corrected chi connectivity index (χ4v) is 4.50. The molecule has 0 bridgehead atoms. The van der Waals surface area contributed by atoms with Crippen molar-refractivity contribution in [3.8, 4) is 5.75 Å². The summed E-state index contributed by atoms with van der Waals surface area (Å²) >= 11 is 0. The zero-order valence-corrected chi connectivity index (χ0v) is 21.0. The lowest BCUT2D eigenvalue weighted by atomic mass is 9.93. The van der Waals surface area contributed by atoms with Gasteiger partial charge in [0.1, 0.15) is 5.75 Å². The zero-order valence-electron chi connectivity index (χ0n) is 21.0. The first kappa shape index (κ1) is 27.2. The van der Waals surface area contributed by atoms with E-state index in [1.165, 1.54) is 89.9 Å². The van der Waals surface area contributed by atoms with E-state index in [9.17, 15) is 4.79 Å². The van der Waals surface area contributed by atoms with Gasteiger partial charge in [-0.3, -0.25) is 4.79 Å². The van der Waals surface area contributed by atoms with Crippen LogP contribution in [0.15, 0.2) is 60.7 Å². The second-order valence-corrected chi connectivity index (χ2v) is 9.44. The van der Waals surface area contributed by atoms with E-state index in [1.807, 2.05) is 60.7 Å². The number of carbonyl (C=O) groups is 1. The van der Waals surface area contributed by atoms with Gasteiger partial charge in [-0.15, -0.1) is 0 Å². The summed E-state index contributed by atoms with van der Waals surface area (Å²) in [5.74, 6) is 0.297. The molecule has 2 aromatic carbocycles. The Morgan fingerprint density at radius 1 is 0.606 bits per heavy atom. The molecule has 0 fully saturated rings. The molecule has 182 valence electrons. The van der Waals surface area contributed by atoms with Crippen LogP contribution in [0.3, 0.4) is 0 Å². The molecule has 2 nitrogen and oxygen atoms in total. The molecule has 0 N–H and O–H groups in total. The van der Waals surface area contributed by atoms with E-state index in [-0.39, 0.29) is 11.9 Å². The highest BCUT2D eigenvalue weighted by Gasteiger charge is 2.22. The third-order valence-electron chi connectivity index (χ3n) is 6.54. The molecule has 0 aromatic heterocycles. The Balaban J connectivity index is 1.55. The standard InChI is InChI=1S/C31H46O2/c1-2-3-4-5-6-7-8-9-10-11-12-13-14-15-22-27-30(28-23-18-16-19-24-28)31(32)33-29-25-20-17-21-26-29/h16-21,23-26,30H,2-15,22,27H2,1H3. The molecule has 1 unspecified atom stereocenters. The Morgan fingerprint density at radius 2 is 1.03 bits per heavy atom. The molecule has 0 aliphatic carbocycles. The number of hydrogen-bond donors (Lipinski definition) is 0. The molecule has 0 spiro atoms. The second-order valence-electron chi connectivity index (χ2n) is 9.44. The van der Waals surface area contributed by atoms with E-state index in [4.69, 9.17) is 4.74 Å². The van der Waals surface area contributed by atoms with Gasteiger partial charge in [0.15, 0.2) is 0 Å². The number of para-hydroxylation sites is 1. The normalized spacial score (nSPS) is 11.9. The van der Waals surface area contributed by atoms with Gasteiger partial charge in [-0.2, -0.15) is 0 Å². The lowest BCUT2D eigenvalue weighted by molar-refractivity contribution is -0.136. The predicted molar refractivity (Wildman–Crippen MR) is 141 cm³/mol. The molecule has 33 heavy (non-hydrogen) atoms. The van der Waals surface area contributed by atoms with Gasteiger partial charge in [0.2, 0.25) is 0 Å². The Labute approximate surface area is 203 Å². The molecule has 0 saturated carbocycles. The van der Waals surface area contributed by atoms with Crippen molar-refractivity contribution in [3.63, 3.8) is 0 Å². The van der Waals surface area contributed by atoms with Crippen molar-refractivity contribution in [1.82, 2.24) is 0 Å². The van der Waals surface area contributed by atoms with Crippen molar-refractivity contribution in [1.29, 1.82) is 0 Å². The quantitative estimate of drug-likeness (QED) is 0.121. The van der Waals surface area contributed by atoms with E-state index in [0.29, 0.717) is 5.75 Å². The minimum Gasteiger partial charge on any atom is -0.426 e.